The van der Waals surface area contributed by atoms with Gasteiger partial charge in [-0.15, -0.1) is 0 Å². The first-order chi connectivity index (χ1) is 9.08. The first kappa shape index (κ1) is 13.3. The van der Waals surface area contributed by atoms with E-state index in [1.54, 1.807) is 13.2 Å². The standard InChI is InChI=1S/C14H14F2N2O/c1-9-5-12(19-2)7-11(18-9)8-17-14-4-3-10(15)6-13(14)16/h3-7,17H,8H2,1-2H3. The number of ether oxygens (including phenoxy) is 1. The number of halogens is 2. The van der Waals surface area contributed by atoms with Gasteiger partial charge >= 0.3 is 0 Å². The van der Waals surface area contributed by atoms with Crippen LogP contribution in [0.15, 0.2) is 30.3 Å². The Labute approximate surface area is 110 Å². The zero-order valence-corrected chi connectivity index (χ0v) is 10.7. The Morgan fingerprint density at radius 3 is 2.68 bits per heavy atom. The summed E-state index contributed by atoms with van der Waals surface area (Å²) in [4.78, 5) is 4.31. The number of aryl methyl sites for hydroxylation is 1. The van der Waals surface area contributed by atoms with Crippen LogP contribution < -0.4 is 10.1 Å². The molecule has 1 heterocycles. The van der Waals surface area contributed by atoms with Crippen LogP contribution in [-0.2, 0) is 6.54 Å². The molecule has 0 fully saturated rings. The van der Waals surface area contributed by atoms with Gasteiger partial charge in [0.25, 0.3) is 0 Å². The maximum Gasteiger partial charge on any atom is 0.149 e. The Morgan fingerprint density at radius 1 is 1.21 bits per heavy atom. The fourth-order valence-corrected chi connectivity index (χ4v) is 1.73. The van der Waals surface area contributed by atoms with E-state index in [2.05, 4.69) is 10.3 Å². The van der Waals surface area contributed by atoms with E-state index in [0.717, 1.165) is 17.5 Å². The SMILES string of the molecule is COc1cc(C)nc(CNc2ccc(F)cc2F)c1. The number of methoxy groups -OCH3 is 1. The third kappa shape index (κ3) is 3.40. The highest BCUT2D eigenvalue weighted by Gasteiger charge is 2.05. The fraction of sp³-hybridized carbons (Fsp3) is 0.214. The Hall–Kier alpha value is -2.17. The van der Waals surface area contributed by atoms with Gasteiger partial charge in [-0.2, -0.15) is 0 Å². The molecule has 0 aliphatic heterocycles. The molecule has 0 saturated carbocycles. The minimum absolute atomic E-state index is 0.240. The van der Waals surface area contributed by atoms with Crippen molar-refractivity contribution >= 4 is 5.69 Å². The predicted octanol–water partition coefficient (Wildman–Crippen LogP) is 3.29. The molecular formula is C14H14F2N2O. The summed E-state index contributed by atoms with van der Waals surface area (Å²) >= 11 is 0. The van der Waals surface area contributed by atoms with Crippen LogP contribution in [0.25, 0.3) is 0 Å². The summed E-state index contributed by atoms with van der Waals surface area (Å²) < 4.78 is 31.3. The molecule has 19 heavy (non-hydrogen) atoms. The normalized spacial score (nSPS) is 10.3. The van der Waals surface area contributed by atoms with Crippen LogP contribution in [-0.4, -0.2) is 12.1 Å². The van der Waals surface area contributed by atoms with Crippen LogP contribution in [0.3, 0.4) is 0 Å². The van der Waals surface area contributed by atoms with Crippen molar-refractivity contribution in [3.63, 3.8) is 0 Å². The van der Waals surface area contributed by atoms with E-state index in [4.69, 9.17) is 4.74 Å². The van der Waals surface area contributed by atoms with E-state index in [1.807, 2.05) is 13.0 Å². The summed E-state index contributed by atoms with van der Waals surface area (Å²) in [5, 5.41) is 2.88. The van der Waals surface area contributed by atoms with Crippen molar-refractivity contribution in [3.8, 4) is 5.75 Å². The van der Waals surface area contributed by atoms with E-state index < -0.39 is 11.6 Å². The number of rotatable bonds is 4. The molecule has 100 valence electrons. The summed E-state index contributed by atoms with van der Waals surface area (Å²) in [6, 6.07) is 6.98. The van der Waals surface area contributed by atoms with Crippen molar-refractivity contribution < 1.29 is 13.5 Å². The number of nitrogens with one attached hydrogen (secondary N) is 1. The van der Waals surface area contributed by atoms with Gasteiger partial charge in [-0.25, -0.2) is 8.78 Å². The van der Waals surface area contributed by atoms with Crippen LogP contribution in [0.1, 0.15) is 11.4 Å². The van der Waals surface area contributed by atoms with E-state index >= 15 is 0 Å². The van der Waals surface area contributed by atoms with Crippen LogP contribution in [0, 0.1) is 18.6 Å². The third-order valence-corrected chi connectivity index (χ3v) is 2.61. The summed E-state index contributed by atoms with van der Waals surface area (Å²) in [6.07, 6.45) is 0. The highest BCUT2D eigenvalue weighted by atomic mass is 19.1. The smallest absolute Gasteiger partial charge is 0.149 e. The second-order valence-electron chi connectivity index (χ2n) is 4.12. The summed E-state index contributed by atoms with van der Waals surface area (Å²) in [5.74, 6) is -0.526. The van der Waals surface area contributed by atoms with E-state index in [0.29, 0.717) is 12.3 Å². The molecule has 0 unspecified atom stereocenters. The number of pyridine rings is 1. The molecule has 1 N–H and O–H groups in total. The molecule has 5 heteroatoms. The largest absolute Gasteiger partial charge is 0.497 e. The van der Waals surface area contributed by atoms with Crippen LogP contribution in [0.5, 0.6) is 5.75 Å². The highest BCUT2D eigenvalue weighted by molar-refractivity contribution is 5.45. The first-order valence-corrected chi connectivity index (χ1v) is 5.79. The van der Waals surface area contributed by atoms with Gasteiger partial charge in [0.1, 0.15) is 17.4 Å². The topological polar surface area (TPSA) is 34.1 Å². The lowest BCUT2D eigenvalue weighted by Gasteiger charge is -2.09. The van der Waals surface area contributed by atoms with Gasteiger partial charge in [-0.3, -0.25) is 4.98 Å². The van der Waals surface area contributed by atoms with Gasteiger partial charge in [0.15, 0.2) is 0 Å². The van der Waals surface area contributed by atoms with Crippen molar-refractivity contribution in [2.45, 2.75) is 13.5 Å². The van der Waals surface area contributed by atoms with Crippen LogP contribution >= 0.6 is 0 Å². The second kappa shape index (κ2) is 5.65. The Bertz CT molecular complexity index is 588. The number of anilines is 1. The second-order valence-corrected chi connectivity index (χ2v) is 4.12. The minimum Gasteiger partial charge on any atom is -0.497 e. The first-order valence-electron chi connectivity index (χ1n) is 5.79. The molecule has 0 bridgehead atoms. The molecule has 0 amide bonds. The van der Waals surface area contributed by atoms with Crippen molar-refractivity contribution in [1.29, 1.82) is 0 Å². The zero-order valence-electron chi connectivity index (χ0n) is 10.7. The van der Waals surface area contributed by atoms with E-state index in [9.17, 15) is 8.78 Å². The third-order valence-electron chi connectivity index (χ3n) is 2.61. The molecule has 0 saturated heterocycles. The summed E-state index contributed by atoms with van der Waals surface area (Å²) in [5.41, 5.74) is 1.78. The van der Waals surface area contributed by atoms with Gasteiger partial charge in [-0.05, 0) is 19.1 Å². The lowest BCUT2D eigenvalue weighted by molar-refractivity contribution is 0.413. The monoisotopic (exact) mass is 264 g/mol. The average molecular weight is 264 g/mol. The number of aromatic nitrogens is 1. The average Bonchev–Trinajstić information content (AvgIpc) is 2.37. The van der Waals surface area contributed by atoms with E-state index in [-0.39, 0.29) is 5.69 Å². The zero-order chi connectivity index (χ0) is 13.8. The molecule has 1 aromatic carbocycles. The number of hydrogen-bond acceptors (Lipinski definition) is 3. The van der Waals surface area contributed by atoms with Crippen molar-refractivity contribution in [2.75, 3.05) is 12.4 Å². The molecular weight excluding hydrogens is 250 g/mol. The molecule has 1 aromatic heterocycles. The number of benzene rings is 1. The van der Waals surface area contributed by atoms with Gasteiger partial charge in [0, 0.05) is 23.9 Å². The van der Waals surface area contributed by atoms with Gasteiger partial charge < -0.3 is 10.1 Å². The minimum atomic E-state index is -0.625. The Morgan fingerprint density at radius 2 is 2.00 bits per heavy atom. The lowest BCUT2D eigenvalue weighted by Crippen LogP contribution is -2.04. The molecule has 3 nitrogen and oxygen atoms in total. The molecule has 2 rings (SSSR count). The van der Waals surface area contributed by atoms with Gasteiger partial charge in [0.2, 0.25) is 0 Å². The van der Waals surface area contributed by atoms with Crippen LogP contribution in [0.4, 0.5) is 14.5 Å². The molecule has 0 atom stereocenters. The fourth-order valence-electron chi connectivity index (χ4n) is 1.73. The van der Waals surface area contributed by atoms with E-state index in [1.165, 1.54) is 12.1 Å². The predicted molar refractivity (Wildman–Crippen MR) is 69.2 cm³/mol. The summed E-state index contributed by atoms with van der Waals surface area (Å²) in [7, 11) is 1.58. The quantitative estimate of drug-likeness (QED) is 0.920. The number of hydrogen-bond donors (Lipinski definition) is 1. The Balaban J connectivity index is 2.12. The molecule has 0 radical (unpaired) electrons. The maximum absolute atomic E-state index is 13.4. The number of nitrogens with zero attached hydrogens (tertiary/aromatic N) is 1. The van der Waals surface area contributed by atoms with Crippen molar-refractivity contribution in [1.82, 2.24) is 4.98 Å². The highest BCUT2D eigenvalue weighted by Crippen LogP contribution is 2.17. The molecule has 0 aliphatic carbocycles. The van der Waals surface area contributed by atoms with Crippen molar-refractivity contribution in [2.24, 2.45) is 0 Å². The molecule has 0 spiro atoms. The molecule has 0 aliphatic rings. The van der Waals surface area contributed by atoms with Crippen molar-refractivity contribution in [3.05, 3.63) is 53.4 Å². The lowest BCUT2D eigenvalue weighted by atomic mass is 10.2. The van der Waals surface area contributed by atoms with Gasteiger partial charge in [-0.1, -0.05) is 0 Å². The van der Waals surface area contributed by atoms with Gasteiger partial charge in [0.05, 0.1) is 25.0 Å². The summed E-state index contributed by atoms with van der Waals surface area (Å²) in [6.45, 7) is 2.19. The molecule has 2 aromatic rings. The Kier molecular flexibility index (Phi) is 3.94. The maximum atomic E-state index is 13.4. The van der Waals surface area contributed by atoms with Crippen LogP contribution in [0.2, 0.25) is 0 Å².